The molecule has 0 unspecified atom stereocenters. The van der Waals surface area contributed by atoms with Gasteiger partial charge in [-0.25, -0.2) is 9.78 Å². The molecule has 0 radical (unpaired) electrons. The zero-order valence-corrected chi connectivity index (χ0v) is 9.86. The van der Waals surface area contributed by atoms with Crippen LogP contribution >= 0.6 is 0 Å². The fourth-order valence-corrected chi connectivity index (χ4v) is 1.03. The summed E-state index contributed by atoms with van der Waals surface area (Å²) in [6.45, 7) is 8.91. The van der Waals surface area contributed by atoms with Crippen molar-refractivity contribution < 1.29 is 14.5 Å². The van der Waals surface area contributed by atoms with Gasteiger partial charge in [-0.3, -0.25) is 0 Å². The molecule has 0 heterocycles. The van der Waals surface area contributed by atoms with E-state index in [0.29, 0.717) is 19.8 Å². The highest BCUT2D eigenvalue weighted by molar-refractivity contribution is 5.26. The Hall–Kier alpha value is -1.32. The molecule has 1 rings (SSSR count). The number of hydrogen-bond acceptors (Lipinski definition) is 3. The van der Waals surface area contributed by atoms with Crippen molar-refractivity contribution in [2.24, 2.45) is 0 Å². The molecule has 88 valence electrons. The first-order valence-corrected chi connectivity index (χ1v) is 5.27. The maximum Gasteiger partial charge on any atom is 0.119 e. The zero-order chi connectivity index (χ0) is 11.8. The minimum absolute atomic E-state index is 0.404. The third kappa shape index (κ3) is 5.53. The quantitative estimate of drug-likeness (QED) is 0.307. The summed E-state index contributed by atoms with van der Waals surface area (Å²) < 4.78 is 5.44. The summed E-state index contributed by atoms with van der Waals surface area (Å²) in [5.74, 6) is 0.842. The normalized spacial score (nSPS) is 10.1. The summed E-state index contributed by atoms with van der Waals surface area (Å²) in [6.07, 6.45) is 0. The van der Waals surface area contributed by atoms with Gasteiger partial charge in [-0.15, -0.1) is 0 Å². The van der Waals surface area contributed by atoms with E-state index in [-0.39, 0.29) is 0 Å². The Morgan fingerprint density at radius 1 is 1.12 bits per heavy atom. The maximum absolute atomic E-state index is 5.44. The SMILES string of the molecule is C=C(C)COOCCOc1ccc(C)cc1. The van der Waals surface area contributed by atoms with Crippen LogP contribution < -0.4 is 4.74 Å². The van der Waals surface area contributed by atoms with Gasteiger partial charge in [0.15, 0.2) is 0 Å². The minimum atomic E-state index is 0.404. The third-order valence-electron chi connectivity index (χ3n) is 1.85. The highest BCUT2D eigenvalue weighted by Gasteiger charge is 1.94. The standard InChI is InChI=1S/C13H18O3/c1-11(2)10-16-15-9-8-14-13-6-4-12(3)5-7-13/h4-7H,1,8-10H2,2-3H3. The molecule has 0 bridgehead atoms. The lowest BCUT2D eigenvalue weighted by Crippen LogP contribution is -2.08. The number of aryl methyl sites for hydroxylation is 1. The zero-order valence-electron chi connectivity index (χ0n) is 9.86. The first-order chi connectivity index (χ1) is 7.68. The molecule has 0 spiro atoms. The first kappa shape index (κ1) is 12.7. The average Bonchev–Trinajstić information content (AvgIpc) is 2.25. The molecular formula is C13H18O3. The van der Waals surface area contributed by atoms with Gasteiger partial charge in [0, 0.05) is 0 Å². The molecule has 0 N–H and O–H groups in total. The Labute approximate surface area is 96.6 Å². The van der Waals surface area contributed by atoms with E-state index in [1.165, 1.54) is 5.56 Å². The Kier molecular flexibility index (Phi) is 5.61. The summed E-state index contributed by atoms with van der Waals surface area (Å²) in [6, 6.07) is 7.88. The van der Waals surface area contributed by atoms with Crippen LogP contribution in [0.15, 0.2) is 36.4 Å². The van der Waals surface area contributed by atoms with Crippen LogP contribution in [0.5, 0.6) is 5.75 Å². The Balaban J connectivity index is 2.07. The van der Waals surface area contributed by atoms with Crippen molar-refractivity contribution in [2.75, 3.05) is 19.8 Å². The molecule has 0 fully saturated rings. The van der Waals surface area contributed by atoms with Gasteiger partial charge in [-0.1, -0.05) is 29.8 Å². The predicted octanol–water partition coefficient (Wildman–Crippen LogP) is 2.90. The second kappa shape index (κ2) is 7.04. The third-order valence-corrected chi connectivity index (χ3v) is 1.85. The number of hydrogen-bond donors (Lipinski definition) is 0. The van der Waals surface area contributed by atoms with Crippen molar-refractivity contribution in [3.63, 3.8) is 0 Å². The van der Waals surface area contributed by atoms with Gasteiger partial charge in [0.1, 0.15) is 25.6 Å². The Bertz CT molecular complexity index is 316. The lowest BCUT2D eigenvalue weighted by atomic mass is 10.2. The van der Waals surface area contributed by atoms with Crippen LogP contribution in [0.2, 0.25) is 0 Å². The molecule has 1 aromatic rings. The van der Waals surface area contributed by atoms with Crippen molar-refractivity contribution in [3.8, 4) is 5.75 Å². The van der Waals surface area contributed by atoms with E-state index in [0.717, 1.165) is 11.3 Å². The first-order valence-electron chi connectivity index (χ1n) is 5.27. The highest BCUT2D eigenvalue weighted by atomic mass is 17.2. The summed E-state index contributed by atoms with van der Waals surface area (Å²) in [7, 11) is 0. The van der Waals surface area contributed by atoms with Gasteiger partial charge < -0.3 is 4.74 Å². The number of ether oxygens (including phenoxy) is 1. The van der Waals surface area contributed by atoms with E-state index in [1.54, 1.807) is 0 Å². The molecule has 3 nitrogen and oxygen atoms in total. The molecule has 0 aromatic heterocycles. The number of rotatable bonds is 7. The van der Waals surface area contributed by atoms with Crippen LogP contribution in [-0.2, 0) is 9.78 Å². The summed E-state index contributed by atoms with van der Waals surface area (Å²) >= 11 is 0. The average molecular weight is 222 g/mol. The molecule has 0 amide bonds. The second-order valence-corrected chi connectivity index (χ2v) is 3.70. The van der Waals surface area contributed by atoms with Gasteiger partial charge >= 0.3 is 0 Å². The molecule has 16 heavy (non-hydrogen) atoms. The largest absolute Gasteiger partial charge is 0.491 e. The summed E-state index contributed by atoms with van der Waals surface area (Å²) in [5, 5.41) is 0. The molecule has 3 heteroatoms. The van der Waals surface area contributed by atoms with Crippen LogP contribution in [0.3, 0.4) is 0 Å². The molecule has 0 saturated heterocycles. The van der Waals surface area contributed by atoms with Crippen LogP contribution in [0.4, 0.5) is 0 Å². The Morgan fingerprint density at radius 2 is 1.81 bits per heavy atom. The topological polar surface area (TPSA) is 27.7 Å². The fourth-order valence-electron chi connectivity index (χ4n) is 1.03. The van der Waals surface area contributed by atoms with Crippen molar-refractivity contribution >= 4 is 0 Å². The van der Waals surface area contributed by atoms with E-state index >= 15 is 0 Å². The van der Waals surface area contributed by atoms with Gasteiger partial charge in [0.25, 0.3) is 0 Å². The molecular weight excluding hydrogens is 204 g/mol. The predicted molar refractivity (Wildman–Crippen MR) is 63.4 cm³/mol. The van der Waals surface area contributed by atoms with Crippen molar-refractivity contribution in [2.45, 2.75) is 13.8 Å². The lowest BCUT2D eigenvalue weighted by Gasteiger charge is -2.06. The van der Waals surface area contributed by atoms with Crippen molar-refractivity contribution in [1.29, 1.82) is 0 Å². The lowest BCUT2D eigenvalue weighted by molar-refractivity contribution is -0.290. The number of benzene rings is 1. The van der Waals surface area contributed by atoms with Gasteiger partial charge in [-0.05, 0) is 26.0 Å². The van der Waals surface area contributed by atoms with Crippen molar-refractivity contribution in [1.82, 2.24) is 0 Å². The van der Waals surface area contributed by atoms with E-state index in [4.69, 9.17) is 14.5 Å². The molecule has 0 aliphatic rings. The van der Waals surface area contributed by atoms with Crippen LogP contribution in [0, 0.1) is 6.92 Å². The maximum atomic E-state index is 5.44. The fraction of sp³-hybridized carbons (Fsp3) is 0.385. The van der Waals surface area contributed by atoms with E-state index < -0.39 is 0 Å². The molecule has 0 saturated carbocycles. The van der Waals surface area contributed by atoms with Gasteiger partial charge in [-0.2, -0.15) is 0 Å². The van der Waals surface area contributed by atoms with E-state index in [1.807, 2.05) is 38.1 Å². The highest BCUT2D eigenvalue weighted by Crippen LogP contribution is 2.10. The van der Waals surface area contributed by atoms with Gasteiger partial charge in [0.2, 0.25) is 0 Å². The van der Waals surface area contributed by atoms with Crippen LogP contribution in [0.1, 0.15) is 12.5 Å². The molecule has 0 aliphatic carbocycles. The summed E-state index contributed by atoms with van der Waals surface area (Å²) in [5.41, 5.74) is 2.15. The van der Waals surface area contributed by atoms with E-state index in [2.05, 4.69) is 6.58 Å². The van der Waals surface area contributed by atoms with Crippen LogP contribution in [-0.4, -0.2) is 19.8 Å². The molecule has 1 aromatic carbocycles. The Morgan fingerprint density at radius 3 is 2.44 bits per heavy atom. The van der Waals surface area contributed by atoms with Crippen LogP contribution in [0.25, 0.3) is 0 Å². The second-order valence-electron chi connectivity index (χ2n) is 3.70. The monoisotopic (exact) mass is 222 g/mol. The minimum Gasteiger partial charge on any atom is -0.491 e. The van der Waals surface area contributed by atoms with Crippen molar-refractivity contribution in [3.05, 3.63) is 42.0 Å². The summed E-state index contributed by atoms with van der Waals surface area (Å²) in [4.78, 5) is 9.78. The van der Waals surface area contributed by atoms with Gasteiger partial charge in [0.05, 0.1) is 0 Å². The molecule has 0 aliphatic heterocycles. The smallest absolute Gasteiger partial charge is 0.119 e. The van der Waals surface area contributed by atoms with E-state index in [9.17, 15) is 0 Å². The molecule has 0 atom stereocenters.